The third kappa shape index (κ3) is 5.91. The molecule has 0 saturated heterocycles. The van der Waals surface area contributed by atoms with Crippen molar-refractivity contribution < 1.29 is 14.6 Å². The molecule has 1 aromatic carbocycles. The summed E-state index contributed by atoms with van der Waals surface area (Å²) in [5, 5.41) is 12.6. The number of nitrogen functional groups attached to an aromatic ring is 1. The third-order valence-electron chi connectivity index (χ3n) is 3.14. The van der Waals surface area contributed by atoms with E-state index in [4.69, 9.17) is 22.1 Å². The molecule has 0 aromatic heterocycles. The number of hydrogen-bond acceptors (Lipinski definition) is 4. The van der Waals surface area contributed by atoms with E-state index in [1.54, 1.807) is 6.92 Å². The normalized spacial score (nSPS) is 12.3. The summed E-state index contributed by atoms with van der Waals surface area (Å²) in [4.78, 5) is 12.3. The lowest BCUT2D eigenvalue weighted by atomic mass is 9.87. The van der Waals surface area contributed by atoms with Crippen LogP contribution in [0.3, 0.4) is 0 Å². The van der Waals surface area contributed by atoms with Crippen molar-refractivity contribution in [2.24, 2.45) is 5.41 Å². The fraction of sp³-hybridized carbons (Fsp3) is 0.533. The van der Waals surface area contributed by atoms with Gasteiger partial charge in [0, 0.05) is 12.6 Å². The van der Waals surface area contributed by atoms with Gasteiger partial charge in [0.2, 0.25) is 0 Å². The molecule has 126 valence electrons. The third-order valence-corrected chi connectivity index (χ3v) is 3.47. The zero-order valence-corrected chi connectivity index (χ0v) is 14.8. The topological polar surface area (TPSA) is 84.6 Å². The lowest BCUT2D eigenvalue weighted by Crippen LogP contribution is -2.35. The van der Waals surface area contributed by atoms with E-state index >= 15 is 0 Å². The molecular weight excluding hydrogens is 327 g/mol. The average Bonchev–Trinajstić information content (AvgIpc) is 2.37. The Bertz CT molecular complexity index is 520. The highest BCUT2D eigenvalue weighted by Gasteiger charge is 2.22. The van der Waals surface area contributed by atoms with Gasteiger partial charge >= 0.3 is 0 Å². The zero-order valence-electron chi connectivity index (χ0n) is 13.3. The first-order valence-corrected chi connectivity index (χ1v) is 7.13. The highest BCUT2D eigenvalue weighted by molar-refractivity contribution is 6.33. The Hall–Kier alpha value is -1.17. The van der Waals surface area contributed by atoms with Crippen LogP contribution < -0.4 is 15.8 Å². The number of nitrogens with one attached hydrogen (secondary N) is 1. The summed E-state index contributed by atoms with van der Waals surface area (Å²) >= 11 is 5.95. The molecule has 0 radical (unpaired) electrons. The molecular formula is C15H24Cl2N2O3. The summed E-state index contributed by atoms with van der Waals surface area (Å²) in [7, 11) is 1.47. The van der Waals surface area contributed by atoms with Crippen molar-refractivity contribution in [3.8, 4) is 5.75 Å². The lowest BCUT2D eigenvalue weighted by molar-refractivity contribution is 0.0899. The summed E-state index contributed by atoms with van der Waals surface area (Å²) in [6.45, 7) is 6.12. The number of nitrogens with two attached hydrogens (primary N) is 1. The number of carbonyl (C=O) groups excluding carboxylic acids is 1. The van der Waals surface area contributed by atoms with Gasteiger partial charge in [-0.25, -0.2) is 0 Å². The van der Waals surface area contributed by atoms with Crippen LogP contribution in [0.5, 0.6) is 5.75 Å². The predicted molar refractivity (Wildman–Crippen MR) is 92.1 cm³/mol. The van der Waals surface area contributed by atoms with Crippen molar-refractivity contribution in [1.29, 1.82) is 0 Å². The van der Waals surface area contributed by atoms with E-state index in [9.17, 15) is 9.90 Å². The van der Waals surface area contributed by atoms with E-state index in [0.717, 1.165) is 0 Å². The van der Waals surface area contributed by atoms with Crippen molar-refractivity contribution in [3.63, 3.8) is 0 Å². The van der Waals surface area contributed by atoms with Gasteiger partial charge in [0.05, 0.1) is 29.5 Å². The number of rotatable bonds is 6. The van der Waals surface area contributed by atoms with Gasteiger partial charge in [-0.2, -0.15) is 0 Å². The Morgan fingerprint density at radius 2 is 2.09 bits per heavy atom. The van der Waals surface area contributed by atoms with Crippen LogP contribution in [0.4, 0.5) is 5.69 Å². The summed E-state index contributed by atoms with van der Waals surface area (Å²) in [5.74, 6) is 0.0927. The molecule has 1 aromatic rings. The molecule has 0 bridgehead atoms. The Kier molecular flexibility index (Phi) is 8.01. The molecule has 0 heterocycles. The second kappa shape index (κ2) is 8.46. The quantitative estimate of drug-likeness (QED) is 0.688. The average molecular weight is 351 g/mol. The molecule has 1 atom stereocenters. The van der Waals surface area contributed by atoms with E-state index in [-0.39, 0.29) is 23.7 Å². The van der Waals surface area contributed by atoms with Crippen LogP contribution in [0.2, 0.25) is 5.02 Å². The number of aliphatic hydroxyl groups excluding tert-OH is 1. The van der Waals surface area contributed by atoms with Gasteiger partial charge in [0.1, 0.15) is 5.75 Å². The van der Waals surface area contributed by atoms with Crippen molar-refractivity contribution in [2.75, 3.05) is 19.4 Å². The molecule has 0 aliphatic carbocycles. The summed E-state index contributed by atoms with van der Waals surface area (Å²) in [6.07, 6.45) is 0.171. The van der Waals surface area contributed by atoms with Crippen molar-refractivity contribution in [2.45, 2.75) is 33.3 Å². The molecule has 1 unspecified atom stereocenters. The number of aliphatic hydroxyl groups is 1. The number of methoxy groups -OCH3 is 1. The molecule has 5 nitrogen and oxygen atoms in total. The molecule has 0 fully saturated rings. The molecule has 7 heteroatoms. The van der Waals surface area contributed by atoms with Crippen LogP contribution in [-0.2, 0) is 0 Å². The van der Waals surface area contributed by atoms with Gasteiger partial charge in [0.25, 0.3) is 5.91 Å². The fourth-order valence-corrected chi connectivity index (χ4v) is 2.37. The highest BCUT2D eigenvalue weighted by atomic mass is 35.5. The van der Waals surface area contributed by atoms with Gasteiger partial charge < -0.3 is 20.9 Å². The molecule has 1 rings (SSSR count). The van der Waals surface area contributed by atoms with Crippen LogP contribution >= 0.6 is 24.0 Å². The molecule has 22 heavy (non-hydrogen) atoms. The summed E-state index contributed by atoms with van der Waals surface area (Å²) in [6, 6.07) is 3.02. The summed E-state index contributed by atoms with van der Waals surface area (Å²) < 4.78 is 5.16. The predicted octanol–water partition coefficient (Wildman–Crippen LogP) is 2.88. The van der Waals surface area contributed by atoms with E-state index < -0.39 is 6.10 Å². The number of amides is 1. The van der Waals surface area contributed by atoms with Gasteiger partial charge in [-0.05, 0) is 24.8 Å². The highest BCUT2D eigenvalue weighted by Crippen LogP contribution is 2.29. The monoisotopic (exact) mass is 350 g/mol. The lowest BCUT2D eigenvalue weighted by Gasteiger charge is -2.26. The first-order valence-electron chi connectivity index (χ1n) is 6.75. The first-order chi connectivity index (χ1) is 9.66. The number of anilines is 1. The van der Waals surface area contributed by atoms with E-state index in [2.05, 4.69) is 5.32 Å². The molecule has 0 spiro atoms. The van der Waals surface area contributed by atoms with Gasteiger partial charge in [-0.15, -0.1) is 12.4 Å². The second-order valence-corrected chi connectivity index (χ2v) is 6.38. The maximum atomic E-state index is 12.3. The Balaban J connectivity index is 0.00000441. The van der Waals surface area contributed by atoms with Gasteiger partial charge in [-0.1, -0.05) is 25.4 Å². The molecule has 0 aliphatic heterocycles. The van der Waals surface area contributed by atoms with E-state index in [0.29, 0.717) is 35.0 Å². The maximum Gasteiger partial charge on any atom is 0.255 e. The smallest absolute Gasteiger partial charge is 0.255 e. The zero-order chi connectivity index (χ0) is 16.2. The van der Waals surface area contributed by atoms with Crippen LogP contribution in [0.1, 0.15) is 37.6 Å². The Labute approximate surface area is 142 Å². The number of hydrogen-bond donors (Lipinski definition) is 3. The van der Waals surface area contributed by atoms with Gasteiger partial charge in [-0.3, -0.25) is 4.79 Å². The minimum absolute atomic E-state index is 0. The Morgan fingerprint density at radius 3 is 2.59 bits per heavy atom. The molecule has 1 amide bonds. The summed E-state index contributed by atoms with van der Waals surface area (Å²) in [5.41, 5.74) is 6.18. The minimum atomic E-state index is -0.419. The number of benzene rings is 1. The number of carbonyl (C=O) groups is 1. The van der Waals surface area contributed by atoms with E-state index in [1.165, 1.54) is 19.2 Å². The van der Waals surface area contributed by atoms with Crippen molar-refractivity contribution >= 4 is 35.6 Å². The molecule has 0 aliphatic rings. The molecule has 0 saturated carbocycles. The van der Waals surface area contributed by atoms with Crippen LogP contribution in [0.25, 0.3) is 0 Å². The van der Waals surface area contributed by atoms with E-state index in [1.807, 2.05) is 13.8 Å². The van der Waals surface area contributed by atoms with Crippen molar-refractivity contribution in [3.05, 3.63) is 22.7 Å². The Morgan fingerprint density at radius 1 is 1.50 bits per heavy atom. The standard InChI is InChI=1S/C15H23ClN2O3.ClH/c1-9(19)7-15(2,3)8-18-14(20)10-5-11(16)12(17)6-13(10)21-4;/h5-6,9,19H,7-8,17H2,1-4H3,(H,18,20);1H. The van der Waals surface area contributed by atoms with Gasteiger partial charge in [0.15, 0.2) is 0 Å². The fourth-order valence-electron chi connectivity index (χ4n) is 2.20. The molecule has 4 N–H and O–H groups in total. The van der Waals surface area contributed by atoms with Crippen LogP contribution in [0.15, 0.2) is 12.1 Å². The number of halogens is 2. The second-order valence-electron chi connectivity index (χ2n) is 5.97. The van der Waals surface area contributed by atoms with Crippen LogP contribution in [0, 0.1) is 5.41 Å². The SMILES string of the molecule is COc1cc(N)c(Cl)cc1C(=O)NCC(C)(C)CC(C)O.Cl. The maximum absolute atomic E-state index is 12.3. The first kappa shape index (κ1) is 20.8. The van der Waals surface area contributed by atoms with Crippen molar-refractivity contribution in [1.82, 2.24) is 5.32 Å². The number of ether oxygens (including phenoxy) is 1. The largest absolute Gasteiger partial charge is 0.496 e. The minimum Gasteiger partial charge on any atom is -0.496 e. The van der Waals surface area contributed by atoms with Crippen LogP contribution in [-0.4, -0.2) is 30.8 Å².